The summed E-state index contributed by atoms with van der Waals surface area (Å²) in [4.78, 5) is 11.2. The summed E-state index contributed by atoms with van der Waals surface area (Å²) in [6.07, 6.45) is -0.542. The standard InChI is InChI=1S/C10H19NO3/c1-7(2)8(6-12)11-9(13)14-10(3,4)5/h8,12H,1,6H2,2-5H3,(H,11,13)/t8-/m1/s1. The molecule has 82 valence electrons. The maximum Gasteiger partial charge on any atom is 0.408 e. The molecule has 1 amide bonds. The summed E-state index contributed by atoms with van der Waals surface area (Å²) < 4.78 is 5.02. The number of hydrogen-bond acceptors (Lipinski definition) is 3. The zero-order valence-corrected chi connectivity index (χ0v) is 9.26. The fraction of sp³-hybridized carbons (Fsp3) is 0.700. The van der Waals surface area contributed by atoms with Crippen LogP contribution in [0.25, 0.3) is 0 Å². The molecule has 14 heavy (non-hydrogen) atoms. The Kier molecular flexibility index (Phi) is 4.63. The first-order chi connectivity index (χ1) is 6.26. The topological polar surface area (TPSA) is 58.6 Å². The number of amides is 1. The van der Waals surface area contributed by atoms with E-state index in [1.807, 2.05) is 0 Å². The molecule has 0 aromatic carbocycles. The van der Waals surface area contributed by atoms with Gasteiger partial charge in [-0.3, -0.25) is 0 Å². The van der Waals surface area contributed by atoms with Crippen molar-refractivity contribution in [2.24, 2.45) is 0 Å². The number of ether oxygens (including phenoxy) is 1. The minimum atomic E-state index is -0.542. The number of aliphatic hydroxyl groups excluding tert-OH is 1. The van der Waals surface area contributed by atoms with Gasteiger partial charge in [-0.2, -0.15) is 0 Å². The van der Waals surface area contributed by atoms with Gasteiger partial charge in [0.15, 0.2) is 0 Å². The summed E-state index contributed by atoms with van der Waals surface area (Å²) in [7, 11) is 0. The SMILES string of the molecule is C=C(C)[C@@H](CO)NC(=O)OC(C)(C)C. The van der Waals surface area contributed by atoms with Gasteiger partial charge in [-0.15, -0.1) is 0 Å². The van der Waals surface area contributed by atoms with E-state index in [0.29, 0.717) is 5.57 Å². The van der Waals surface area contributed by atoms with E-state index in [4.69, 9.17) is 9.84 Å². The Labute approximate surface area is 85.0 Å². The zero-order chi connectivity index (χ0) is 11.4. The zero-order valence-electron chi connectivity index (χ0n) is 9.26. The lowest BCUT2D eigenvalue weighted by atomic mass is 10.1. The van der Waals surface area contributed by atoms with Gasteiger partial charge in [0.25, 0.3) is 0 Å². The Morgan fingerprint density at radius 1 is 1.57 bits per heavy atom. The van der Waals surface area contributed by atoms with E-state index < -0.39 is 17.7 Å². The van der Waals surface area contributed by atoms with Crippen LogP contribution in [0.4, 0.5) is 4.79 Å². The molecule has 0 saturated heterocycles. The van der Waals surface area contributed by atoms with Gasteiger partial charge in [-0.25, -0.2) is 4.79 Å². The van der Waals surface area contributed by atoms with Crippen LogP contribution < -0.4 is 5.32 Å². The number of alkyl carbamates (subject to hydrolysis) is 1. The maximum absolute atomic E-state index is 11.2. The lowest BCUT2D eigenvalue weighted by Gasteiger charge is -2.22. The molecule has 1 atom stereocenters. The van der Waals surface area contributed by atoms with E-state index in [0.717, 1.165) is 0 Å². The fourth-order valence-corrected chi connectivity index (χ4v) is 0.774. The van der Waals surface area contributed by atoms with Crippen molar-refractivity contribution in [3.63, 3.8) is 0 Å². The molecule has 0 bridgehead atoms. The van der Waals surface area contributed by atoms with Crippen LogP contribution in [0.2, 0.25) is 0 Å². The highest BCUT2D eigenvalue weighted by Gasteiger charge is 2.19. The highest BCUT2D eigenvalue weighted by atomic mass is 16.6. The lowest BCUT2D eigenvalue weighted by molar-refractivity contribution is 0.0494. The highest BCUT2D eigenvalue weighted by molar-refractivity contribution is 5.68. The van der Waals surface area contributed by atoms with E-state index in [-0.39, 0.29) is 6.61 Å². The van der Waals surface area contributed by atoms with Gasteiger partial charge in [0.2, 0.25) is 0 Å². The van der Waals surface area contributed by atoms with E-state index in [1.54, 1.807) is 27.7 Å². The van der Waals surface area contributed by atoms with Crippen LogP contribution in [-0.2, 0) is 4.74 Å². The Morgan fingerprint density at radius 2 is 2.07 bits per heavy atom. The normalized spacial score (nSPS) is 13.2. The molecular formula is C10H19NO3. The molecule has 4 nitrogen and oxygen atoms in total. The molecule has 0 rings (SSSR count). The van der Waals surface area contributed by atoms with E-state index in [1.165, 1.54) is 0 Å². The van der Waals surface area contributed by atoms with Gasteiger partial charge in [-0.05, 0) is 27.7 Å². The molecule has 0 aromatic heterocycles. The van der Waals surface area contributed by atoms with E-state index >= 15 is 0 Å². The molecule has 4 heteroatoms. The number of hydrogen-bond donors (Lipinski definition) is 2. The minimum absolute atomic E-state index is 0.172. The smallest absolute Gasteiger partial charge is 0.408 e. The van der Waals surface area contributed by atoms with E-state index in [2.05, 4.69) is 11.9 Å². The van der Waals surface area contributed by atoms with Crippen LogP contribution >= 0.6 is 0 Å². The first-order valence-electron chi connectivity index (χ1n) is 4.52. The first kappa shape index (κ1) is 13.0. The Hall–Kier alpha value is -1.03. The lowest BCUT2D eigenvalue weighted by Crippen LogP contribution is -2.41. The molecule has 0 unspecified atom stereocenters. The minimum Gasteiger partial charge on any atom is -0.444 e. The third-order valence-corrected chi connectivity index (χ3v) is 1.47. The molecule has 0 aromatic rings. The summed E-state index contributed by atoms with van der Waals surface area (Å²) in [5.41, 5.74) is 0.164. The summed E-state index contributed by atoms with van der Waals surface area (Å²) in [5, 5.41) is 11.4. The van der Waals surface area contributed by atoms with Gasteiger partial charge < -0.3 is 15.2 Å². The number of aliphatic hydroxyl groups is 1. The number of carbonyl (C=O) groups is 1. The molecule has 0 spiro atoms. The number of nitrogens with one attached hydrogen (secondary N) is 1. The predicted octanol–water partition coefficient (Wildman–Crippen LogP) is 1.45. The van der Waals surface area contributed by atoms with Gasteiger partial charge in [-0.1, -0.05) is 12.2 Å². The monoisotopic (exact) mass is 201 g/mol. The van der Waals surface area contributed by atoms with Gasteiger partial charge in [0.1, 0.15) is 5.60 Å². The largest absolute Gasteiger partial charge is 0.444 e. The molecule has 0 aliphatic carbocycles. The third-order valence-electron chi connectivity index (χ3n) is 1.47. The van der Waals surface area contributed by atoms with Crippen LogP contribution in [0.5, 0.6) is 0 Å². The highest BCUT2D eigenvalue weighted by Crippen LogP contribution is 2.07. The van der Waals surface area contributed by atoms with Gasteiger partial charge in [0.05, 0.1) is 12.6 Å². The van der Waals surface area contributed by atoms with Crippen LogP contribution in [-0.4, -0.2) is 29.4 Å². The van der Waals surface area contributed by atoms with Crippen molar-refractivity contribution in [1.82, 2.24) is 5.32 Å². The molecule has 0 heterocycles. The second-order valence-corrected chi connectivity index (χ2v) is 4.23. The average Bonchev–Trinajstić information content (AvgIpc) is 1.96. The van der Waals surface area contributed by atoms with Crippen molar-refractivity contribution in [3.8, 4) is 0 Å². The molecule has 0 fully saturated rings. The molecule has 0 saturated carbocycles. The third kappa shape index (κ3) is 5.59. The average molecular weight is 201 g/mol. The van der Waals surface area contributed by atoms with Crippen LogP contribution in [0, 0.1) is 0 Å². The van der Waals surface area contributed by atoms with Crippen LogP contribution in [0.15, 0.2) is 12.2 Å². The Bertz CT molecular complexity index is 218. The predicted molar refractivity (Wildman–Crippen MR) is 55.1 cm³/mol. The Morgan fingerprint density at radius 3 is 2.36 bits per heavy atom. The molecular weight excluding hydrogens is 182 g/mol. The quantitative estimate of drug-likeness (QED) is 0.679. The maximum atomic E-state index is 11.2. The van der Waals surface area contributed by atoms with Crippen LogP contribution in [0.1, 0.15) is 27.7 Å². The van der Waals surface area contributed by atoms with Crippen molar-refractivity contribution in [2.45, 2.75) is 39.3 Å². The summed E-state index contributed by atoms with van der Waals surface area (Å²) in [6, 6.07) is -0.440. The number of carbonyl (C=O) groups excluding carboxylic acids is 1. The van der Waals surface area contributed by atoms with Gasteiger partial charge in [0, 0.05) is 0 Å². The first-order valence-corrected chi connectivity index (χ1v) is 4.52. The Balaban J connectivity index is 4.11. The molecule has 2 N–H and O–H groups in total. The van der Waals surface area contributed by atoms with Crippen molar-refractivity contribution >= 4 is 6.09 Å². The molecule has 0 aliphatic heterocycles. The van der Waals surface area contributed by atoms with Crippen LogP contribution in [0.3, 0.4) is 0 Å². The fourth-order valence-electron chi connectivity index (χ4n) is 0.774. The second kappa shape index (κ2) is 5.00. The summed E-state index contributed by atoms with van der Waals surface area (Å²) >= 11 is 0. The molecule has 0 radical (unpaired) electrons. The number of rotatable bonds is 3. The van der Waals surface area contributed by atoms with Crippen molar-refractivity contribution in [3.05, 3.63) is 12.2 Å². The van der Waals surface area contributed by atoms with E-state index in [9.17, 15) is 4.79 Å². The van der Waals surface area contributed by atoms with Crippen molar-refractivity contribution < 1.29 is 14.6 Å². The second-order valence-electron chi connectivity index (χ2n) is 4.23. The summed E-state index contributed by atoms with van der Waals surface area (Å²) in [5.74, 6) is 0. The summed E-state index contributed by atoms with van der Waals surface area (Å²) in [6.45, 7) is 10.5. The van der Waals surface area contributed by atoms with Crippen molar-refractivity contribution in [1.29, 1.82) is 0 Å². The van der Waals surface area contributed by atoms with Crippen molar-refractivity contribution in [2.75, 3.05) is 6.61 Å². The molecule has 0 aliphatic rings. The van der Waals surface area contributed by atoms with Gasteiger partial charge >= 0.3 is 6.09 Å².